The molecule has 0 bridgehead atoms. The van der Waals surface area contributed by atoms with Gasteiger partial charge < -0.3 is 14.2 Å². The molecule has 0 aliphatic heterocycles. The third-order valence-electron chi connectivity index (χ3n) is 1.73. The molecule has 0 aliphatic rings. The molecule has 3 nitrogen and oxygen atoms in total. The van der Waals surface area contributed by atoms with Gasteiger partial charge >= 0.3 is 0 Å². The van der Waals surface area contributed by atoms with Gasteiger partial charge in [0.2, 0.25) is 5.75 Å². The average Bonchev–Trinajstić information content (AvgIpc) is 2.17. The van der Waals surface area contributed by atoms with E-state index in [1.807, 2.05) is 12.1 Å². The summed E-state index contributed by atoms with van der Waals surface area (Å²) < 4.78 is 15.5. The lowest BCUT2D eigenvalue weighted by Gasteiger charge is -2.13. The lowest BCUT2D eigenvalue weighted by atomic mass is 10.3. The Morgan fingerprint density at radius 2 is 1.54 bits per heavy atom. The lowest BCUT2D eigenvalue weighted by molar-refractivity contribution is 0.326. The predicted molar refractivity (Wildman–Crippen MR) is 55.4 cm³/mol. The molecule has 0 aromatic heterocycles. The van der Waals surface area contributed by atoms with Crippen LogP contribution in [0.5, 0.6) is 17.2 Å². The van der Waals surface area contributed by atoms with Gasteiger partial charge in [-0.25, -0.2) is 0 Å². The van der Waals surface area contributed by atoms with Gasteiger partial charge in [0, 0.05) is 5.30 Å². The molecule has 1 aromatic carbocycles. The third-order valence-corrected chi connectivity index (χ3v) is 2.19. The molecular formula is C9H13O3P. The average molecular weight is 200 g/mol. The number of rotatable bonds is 3. The minimum Gasteiger partial charge on any atom is -0.493 e. The van der Waals surface area contributed by atoms with Crippen LogP contribution in [0.1, 0.15) is 0 Å². The number of benzene rings is 1. The van der Waals surface area contributed by atoms with Crippen LogP contribution in [0.2, 0.25) is 0 Å². The SMILES string of the molecule is COc1ccc(P)c(OC)c1OC. The molecule has 1 rings (SSSR count). The Bertz CT molecular complexity index is 299. The quantitative estimate of drug-likeness (QED) is 0.686. The molecule has 0 saturated carbocycles. The van der Waals surface area contributed by atoms with Crippen LogP contribution in [0, 0.1) is 0 Å². The Balaban J connectivity index is 3.27. The van der Waals surface area contributed by atoms with Crippen molar-refractivity contribution in [1.29, 1.82) is 0 Å². The van der Waals surface area contributed by atoms with Crippen LogP contribution in [0.3, 0.4) is 0 Å². The second-order valence-electron chi connectivity index (χ2n) is 2.42. The van der Waals surface area contributed by atoms with Crippen molar-refractivity contribution >= 4 is 14.5 Å². The Morgan fingerprint density at radius 3 is 2.00 bits per heavy atom. The fourth-order valence-electron chi connectivity index (χ4n) is 1.12. The number of ether oxygens (including phenoxy) is 3. The van der Waals surface area contributed by atoms with Crippen molar-refractivity contribution in [3.05, 3.63) is 12.1 Å². The van der Waals surface area contributed by atoms with E-state index < -0.39 is 0 Å². The highest BCUT2D eigenvalue weighted by atomic mass is 31.0. The molecule has 0 aliphatic carbocycles. The molecule has 0 spiro atoms. The summed E-state index contributed by atoms with van der Waals surface area (Å²) in [7, 11) is 7.36. The van der Waals surface area contributed by atoms with E-state index in [-0.39, 0.29) is 0 Å². The number of hydrogen-bond donors (Lipinski definition) is 0. The van der Waals surface area contributed by atoms with Crippen LogP contribution < -0.4 is 19.5 Å². The maximum atomic E-state index is 5.18. The molecule has 1 unspecified atom stereocenters. The molecule has 0 saturated heterocycles. The van der Waals surface area contributed by atoms with Crippen molar-refractivity contribution < 1.29 is 14.2 Å². The fourth-order valence-corrected chi connectivity index (χ4v) is 1.47. The van der Waals surface area contributed by atoms with E-state index >= 15 is 0 Å². The van der Waals surface area contributed by atoms with Crippen LogP contribution in [-0.4, -0.2) is 21.3 Å². The zero-order chi connectivity index (χ0) is 9.84. The minimum absolute atomic E-state index is 0.623. The van der Waals surface area contributed by atoms with Crippen molar-refractivity contribution in [3.63, 3.8) is 0 Å². The first-order chi connectivity index (χ1) is 6.24. The van der Waals surface area contributed by atoms with E-state index in [0.717, 1.165) is 5.30 Å². The Kier molecular flexibility index (Phi) is 3.38. The second-order valence-corrected chi connectivity index (χ2v) is 3.05. The first-order valence-corrected chi connectivity index (χ1v) is 4.36. The molecule has 1 aromatic rings. The van der Waals surface area contributed by atoms with E-state index in [2.05, 4.69) is 9.24 Å². The summed E-state index contributed by atoms with van der Waals surface area (Å²) in [5, 5.41) is 0.945. The van der Waals surface area contributed by atoms with Gasteiger partial charge in [-0.3, -0.25) is 0 Å². The predicted octanol–water partition coefficient (Wildman–Crippen LogP) is 1.21. The van der Waals surface area contributed by atoms with Crippen LogP contribution in [0.4, 0.5) is 0 Å². The monoisotopic (exact) mass is 200 g/mol. The highest BCUT2D eigenvalue weighted by Gasteiger charge is 2.12. The molecule has 4 heteroatoms. The van der Waals surface area contributed by atoms with Gasteiger partial charge in [-0.1, -0.05) is 0 Å². The van der Waals surface area contributed by atoms with E-state index in [1.54, 1.807) is 21.3 Å². The molecular weight excluding hydrogens is 187 g/mol. The van der Waals surface area contributed by atoms with Gasteiger partial charge in [0.25, 0.3) is 0 Å². The standard InChI is InChI=1S/C9H13O3P/c1-10-6-4-5-7(13)9(12-3)8(6)11-2/h4-5H,13H2,1-3H3. The first-order valence-electron chi connectivity index (χ1n) is 3.79. The van der Waals surface area contributed by atoms with Crippen LogP contribution in [0.15, 0.2) is 12.1 Å². The summed E-state index contributed by atoms with van der Waals surface area (Å²) in [4.78, 5) is 0. The Morgan fingerprint density at radius 1 is 0.923 bits per heavy atom. The Labute approximate surface area is 80.2 Å². The summed E-state index contributed by atoms with van der Waals surface area (Å²) >= 11 is 0. The number of hydrogen-bond acceptors (Lipinski definition) is 3. The summed E-state index contributed by atoms with van der Waals surface area (Å²) in [5.74, 6) is 1.98. The van der Waals surface area contributed by atoms with Gasteiger partial charge in [0.15, 0.2) is 11.5 Å². The van der Waals surface area contributed by atoms with Crippen molar-refractivity contribution in [1.82, 2.24) is 0 Å². The van der Waals surface area contributed by atoms with Crippen molar-refractivity contribution in [2.75, 3.05) is 21.3 Å². The van der Waals surface area contributed by atoms with Gasteiger partial charge in [-0.2, -0.15) is 0 Å². The number of methoxy groups -OCH3 is 3. The van der Waals surface area contributed by atoms with Crippen LogP contribution in [0.25, 0.3) is 0 Å². The lowest BCUT2D eigenvalue weighted by Crippen LogP contribution is -2.02. The van der Waals surface area contributed by atoms with E-state index in [4.69, 9.17) is 14.2 Å². The van der Waals surface area contributed by atoms with Crippen molar-refractivity contribution in [2.24, 2.45) is 0 Å². The molecule has 0 radical (unpaired) electrons. The van der Waals surface area contributed by atoms with Crippen molar-refractivity contribution in [2.45, 2.75) is 0 Å². The largest absolute Gasteiger partial charge is 0.493 e. The maximum Gasteiger partial charge on any atom is 0.203 e. The zero-order valence-electron chi connectivity index (χ0n) is 7.96. The second kappa shape index (κ2) is 4.33. The van der Waals surface area contributed by atoms with Crippen LogP contribution in [-0.2, 0) is 0 Å². The Hall–Kier alpha value is -0.950. The van der Waals surface area contributed by atoms with Crippen LogP contribution >= 0.6 is 9.24 Å². The smallest absolute Gasteiger partial charge is 0.203 e. The minimum atomic E-state index is 0.623. The first kappa shape index (κ1) is 10.1. The summed E-state index contributed by atoms with van der Waals surface area (Å²) in [6.45, 7) is 0. The molecule has 72 valence electrons. The molecule has 13 heavy (non-hydrogen) atoms. The normalized spacial score (nSPS) is 9.54. The molecule has 0 N–H and O–H groups in total. The van der Waals surface area contributed by atoms with Gasteiger partial charge in [-0.05, 0) is 12.1 Å². The highest BCUT2D eigenvalue weighted by Crippen LogP contribution is 2.35. The zero-order valence-corrected chi connectivity index (χ0v) is 9.11. The molecule has 0 amide bonds. The highest BCUT2D eigenvalue weighted by molar-refractivity contribution is 7.27. The van der Waals surface area contributed by atoms with Gasteiger partial charge in [0.05, 0.1) is 21.3 Å². The molecule has 0 heterocycles. The molecule has 1 atom stereocenters. The summed E-state index contributed by atoms with van der Waals surface area (Å²) in [6.07, 6.45) is 0. The van der Waals surface area contributed by atoms with E-state index in [9.17, 15) is 0 Å². The van der Waals surface area contributed by atoms with Gasteiger partial charge in [-0.15, -0.1) is 9.24 Å². The van der Waals surface area contributed by atoms with Gasteiger partial charge in [0.1, 0.15) is 0 Å². The van der Waals surface area contributed by atoms with E-state index in [0.29, 0.717) is 17.2 Å². The maximum absolute atomic E-state index is 5.18. The topological polar surface area (TPSA) is 27.7 Å². The summed E-state index contributed by atoms with van der Waals surface area (Å²) in [6, 6.07) is 3.73. The summed E-state index contributed by atoms with van der Waals surface area (Å²) in [5.41, 5.74) is 0. The fraction of sp³-hybridized carbons (Fsp3) is 0.333. The van der Waals surface area contributed by atoms with Crippen molar-refractivity contribution in [3.8, 4) is 17.2 Å². The third kappa shape index (κ3) is 1.86. The van der Waals surface area contributed by atoms with E-state index in [1.165, 1.54) is 0 Å². The molecule has 0 fully saturated rings.